The third-order valence-corrected chi connectivity index (χ3v) is 5.87. The van der Waals surface area contributed by atoms with Crippen LogP contribution in [0.2, 0.25) is 0 Å². The number of nitrogens with zero attached hydrogens (tertiary/aromatic N) is 3. The van der Waals surface area contributed by atoms with E-state index in [1.807, 2.05) is 13.8 Å². The lowest BCUT2D eigenvalue weighted by atomic mass is 10.1. The minimum absolute atomic E-state index is 0.0627. The molecule has 3 aromatic rings. The lowest BCUT2D eigenvalue weighted by Crippen LogP contribution is -2.49. The summed E-state index contributed by atoms with van der Waals surface area (Å²) in [5.41, 5.74) is 4.49. The van der Waals surface area contributed by atoms with Gasteiger partial charge in [-0.15, -0.1) is 0 Å². The normalized spacial score (nSPS) is 13.5. The van der Waals surface area contributed by atoms with E-state index < -0.39 is 0 Å². The van der Waals surface area contributed by atoms with Crippen LogP contribution in [0.15, 0.2) is 48.5 Å². The van der Waals surface area contributed by atoms with E-state index in [1.54, 1.807) is 41.1 Å². The fourth-order valence-corrected chi connectivity index (χ4v) is 3.95. The summed E-state index contributed by atoms with van der Waals surface area (Å²) in [4.78, 5) is 38.2. The third kappa shape index (κ3) is 5.14. The van der Waals surface area contributed by atoms with Gasteiger partial charge in [0.1, 0.15) is 5.82 Å². The van der Waals surface area contributed by atoms with E-state index in [0.29, 0.717) is 25.2 Å². The van der Waals surface area contributed by atoms with Gasteiger partial charge in [-0.05, 0) is 55.8 Å². The molecule has 1 saturated heterocycles. The number of hydrogen-bond acceptors (Lipinski definition) is 4. The Morgan fingerprint density at radius 2 is 1.79 bits per heavy atom. The van der Waals surface area contributed by atoms with Crippen LogP contribution >= 0.6 is 0 Å². The molecule has 0 saturated carbocycles. The molecule has 0 unspecified atom stereocenters. The topological polar surface area (TPSA) is 96.3 Å². The molecule has 0 spiro atoms. The number of halogens is 1. The standard InChI is InChI=1S/C25H26FN5O3/c1-16-22(17(2)31(29-16)21-9-7-20(26)8-10-21)13-23(32)28-14-18-3-5-19(6-4-18)25(34)30-12-11-27-24(33)15-30/h3-10H,11-15H2,1-2H3,(H,27,33)(H,28,32). The number of hydrogen-bond donors (Lipinski definition) is 2. The van der Waals surface area contributed by atoms with Crippen molar-refractivity contribution in [3.63, 3.8) is 0 Å². The summed E-state index contributed by atoms with van der Waals surface area (Å²) in [6.07, 6.45) is 0.173. The predicted molar refractivity (Wildman–Crippen MR) is 124 cm³/mol. The minimum atomic E-state index is -0.318. The molecule has 1 aromatic heterocycles. The Kier molecular flexibility index (Phi) is 6.72. The first-order valence-electron chi connectivity index (χ1n) is 11.0. The Bertz CT molecular complexity index is 1220. The Morgan fingerprint density at radius 1 is 1.09 bits per heavy atom. The van der Waals surface area contributed by atoms with Gasteiger partial charge in [-0.2, -0.15) is 5.10 Å². The zero-order chi connectivity index (χ0) is 24.2. The molecule has 4 rings (SSSR count). The highest BCUT2D eigenvalue weighted by atomic mass is 19.1. The zero-order valence-corrected chi connectivity index (χ0v) is 19.1. The molecule has 0 bridgehead atoms. The van der Waals surface area contributed by atoms with Crippen LogP contribution in [0.3, 0.4) is 0 Å². The first-order chi connectivity index (χ1) is 16.3. The van der Waals surface area contributed by atoms with Crippen molar-refractivity contribution < 1.29 is 18.8 Å². The van der Waals surface area contributed by atoms with Gasteiger partial charge in [0, 0.05) is 36.5 Å². The summed E-state index contributed by atoms with van der Waals surface area (Å²) in [6.45, 7) is 5.05. The maximum atomic E-state index is 13.2. The molecule has 2 N–H and O–H groups in total. The van der Waals surface area contributed by atoms with Crippen molar-refractivity contribution in [3.05, 3.63) is 82.4 Å². The molecule has 0 atom stereocenters. The van der Waals surface area contributed by atoms with E-state index in [-0.39, 0.29) is 36.5 Å². The van der Waals surface area contributed by atoms with Crippen LogP contribution in [0.4, 0.5) is 4.39 Å². The fraction of sp³-hybridized carbons (Fsp3) is 0.280. The highest BCUT2D eigenvalue weighted by Gasteiger charge is 2.22. The molecule has 0 aliphatic carbocycles. The van der Waals surface area contributed by atoms with Gasteiger partial charge in [-0.1, -0.05) is 12.1 Å². The summed E-state index contributed by atoms with van der Waals surface area (Å²) >= 11 is 0. The monoisotopic (exact) mass is 463 g/mol. The molecule has 1 fully saturated rings. The number of carbonyl (C=O) groups is 3. The van der Waals surface area contributed by atoms with E-state index in [0.717, 1.165) is 28.2 Å². The number of aryl methyl sites for hydroxylation is 1. The van der Waals surface area contributed by atoms with Crippen LogP contribution in [0.5, 0.6) is 0 Å². The number of rotatable bonds is 6. The van der Waals surface area contributed by atoms with Crippen molar-refractivity contribution >= 4 is 17.7 Å². The summed E-state index contributed by atoms with van der Waals surface area (Å²) in [5, 5.41) is 10.1. The summed E-state index contributed by atoms with van der Waals surface area (Å²) < 4.78 is 14.9. The summed E-state index contributed by atoms with van der Waals surface area (Å²) in [5.74, 6) is -0.812. The molecule has 2 aromatic carbocycles. The maximum Gasteiger partial charge on any atom is 0.254 e. The molecule has 176 valence electrons. The molecule has 8 nitrogen and oxygen atoms in total. The number of piperazine rings is 1. The molecule has 1 aliphatic rings. The van der Waals surface area contributed by atoms with Crippen molar-refractivity contribution in [3.8, 4) is 5.69 Å². The third-order valence-electron chi connectivity index (χ3n) is 5.87. The molecule has 3 amide bonds. The quantitative estimate of drug-likeness (QED) is 0.585. The molecule has 0 radical (unpaired) electrons. The lowest BCUT2D eigenvalue weighted by Gasteiger charge is -2.26. The number of nitrogens with one attached hydrogen (secondary N) is 2. The minimum Gasteiger partial charge on any atom is -0.353 e. The Hall–Kier alpha value is -4.01. The van der Waals surface area contributed by atoms with Gasteiger partial charge < -0.3 is 15.5 Å². The van der Waals surface area contributed by atoms with Crippen molar-refractivity contribution in [2.75, 3.05) is 19.6 Å². The molecule has 9 heteroatoms. The van der Waals surface area contributed by atoms with E-state index in [2.05, 4.69) is 15.7 Å². The number of benzene rings is 2. The van der Waals surface area contributed by atoms with Gasteiger partial charge in [0.05, 0.1) is 24.3 Å². The first kappa shape index (κ1) is 23.2. The first-order valence-corrected chi connectivity index (χ1v) is 11.0. The Labute approximate surface area is 196 Å². The second-order valence-electron chi connectivity index (χ2n) is 8.26. The van der Waals surface area contributed by atoms with Gasteiger partial charge in [0.15, 0.2) is 0 Å². The predicted octanol–water partition coefficient (Wildman–Crippen LogP) is 2.06. The van der Waals surface area contributed by atoms with E-state index in [4.69, 9.17) is 0 Å². The fourth-order valence-electron chi connectivity index (χ4n) is 3.95. The van der Waals surface area contributed by atoms with Crippen molar-refractivity contribution in [2.24, 2.45) is 0 Å². The van der Waals surface area contributed by atoms with Crippen LogP contribution in [-0.2, 0) is 22.6 Å². The molecule has 34 heavy (non-hydrogen) atoms. The SMILES string of the molecule is Cc1nn(-c2ccc(F)cc2)c(C)c1CC(=O)NCc1ccc(C(=O)N2CCNC(=O)C2)cc1. The summed E-state index contributed by atoms with van der Waals surface area (Å²) in [6, 6.07) is 13.0. The highest BCUT2D eigenvalue weighted by Crippen LogP contribution is 2.19. The Morgan fingerprint density at radius 3 is 2.47 bits per heavy atom. The van der Waals surface area contributed by atoms with Crippen LogP contribution < -0.4 is 10.6 Å². The van der Waals surface area contributed by atoms with Crippen molar-refractivity contribution in [1.82, 2.24) is 25.3 Å². The van der Waals surface area contributed by atoms with Crippen LogP contribution in [0.1, 0.15) is 32.9 Å². The van der Waals surface area contributed by atoms with Crippen LogP contribution in [0, 0.1) is 19.7 Å². The van der Waals surface area contributed by atoms with Gasteiger partial charge in [-0.25, -0.2) is 9.07 Å². The largest absolute Gasteiger partial charge is 0.353 e. The number of amides is 3. The lowest BCUT2D eigenvalue weighted by molar-refractivity contribution is -0.123. The van der Waals surface area contributed by atoms with Crippen molar-refractivity contribution in [2.45, 2.75) is 26.8 Å². The number of aromatic nitrogens is 2. The second kappa shape index (κ2) is 9.86. The molecular formula is C25H26FN5O3. The molecular weight excluding hydrogens is 437 g/mol. The summed E-state index contributed by atoms with van der Waals surface area (Å²) in [7, 11) is 0. The average Bonchev–Trinajstić information content (AvgIpc) is 3.11. The van der Waals surface area contributed by atoms with Crippen molar-refractivity contribution in [1.29, 1.82) is 0 Å². The molecule has 1 aliphatic heterocycles. The van der Waals surface area contributed by atoms with E-state index in [1.165, 1.54) is 17.0 Å². The van der Waals surface area contributed by atoms with Gasteiger partial charge in [0.2, 0.25) is 11.8 Å². The molecule has 2 heterocycles. The maximum absolute atomic E-state index is 13.2. The average molecular weight is 464 g/mol. The van der Waals surface area contributed by atoms with Gasteiger partial charge in [0.25, 0.3) is 5.91 Å². The Balaban J connectivity index is 1.35. The zero-order valence-electron chi connectivity index (χ0n) is 19.1. The smallest absolute Gasteiger partial charge is 0.254 e. The van der Waals surface area contributed by atoms with Gasteiger partial charge in [-0.3, -0.25) is 14.4 Å². The van der Waals surface area contributed by atoms with E-state index in [9.17, 15) is 18.8 Å². The van der Waals surface area contributed by atoms with Crippen LogP contribution in [0.25, 0.3) is 5.69 Å². The second-order valence-corrected chi connectivity index (χ2v) is 8.26. The van der Waals surface area contributed by atoms with E-state index >= 15 is 0 Å². The number of carbonyl (C=O) groups excluding carboxylic acids is 3. The highest BCUT2D eigenvalue weighted by molar-refractivity contribution is 5.97. The van der Waals surface area contributed by atoms with Crippen LogP contribution in [-0.4, -0.2) is 52.0 Å². The van der Waals surface area contributed by atoms with Gasteiger partial charge >= 0.3 is 0 Å².